The molecule has 1 aromatic rings. The van der Waals surface area contributed by atoms with E-state index in [2.05, 4.69) is 15.9 Å². The van der Waals surface area contributed by atoms with Gasteiger partial charge in [-0.2, -0.15) is 0 Å². The van der Waals surface area contributed by atoms with Crippen molar-refractivity contribution < 1.29 is 10.0 Å². The van der Waals surface area contributed by atoms with Crippen molar-refractivity contribution in [3.05, 3.63) is 38.9 Å². The van der Waals surface area contributed by atoms with Gasteiger partial charge in [-0.3, -0.25) is 10.1 Å². The highest BCUT2D eigenvalue weighted by Crippen LogP contribution is 2.28. The molecule has 1 aromatic carbocycles. The summed E-state index contributed by atoms with van der Waals surface area (Å²) in [6.45, 7) is 0. The zero-order valence-electron chi connectivity index (χ0n) is 6.98. The smallest absolute Gasteiger partial charge is 0.288 e. The molecule has 6 heteroatoms. The molecule has 0 bridgehead atoms. The fraction of sp³-hybridized carbons (Fsp3) is 0.250. The average Bonchev–Trinajstić information content (AvgIpc) is 2.17. The topological polar surface area (TPSA) is 63.4 Å². The van der Waals surface area contributed by atoms with Crippen LogP contribution in [0.2, 0.25) is 5.02 Å². The van der Waals surface area contributed by atoms with Crippen LogP contribution in [0.5, 0.6) is 0 Å². The molecule has 14 heavy (non-hydrogen) atoms. The highest BCUT2D eigenvalue weighted by atomic mass is 79.9. The number of rotatable bonds is 3. The van der Waals surface area contributed by atoms with Gasteiger partial charge in [-0.1, -0.05) is 33.6 Å². The third-order valence-electron chi connectivity index (χ3n) is 1.70. The number of benzene rings is 1. The van der Waals surface area contributed by atoms with E-state index >= 15 is 0 Å². The predicted octanol–water partition coefficient (Wildman–Crippen LogP) is 2.68. The van der Waals surface area contributed by atoms with Gasteiger partial charge in [0.2, 0.25) is 0 Å². The Morgan fingerprint density at radius 3 is 2.79 bits per heavy atom. The number of nitro benzene ring substituents is 1. The van der Waals surface area contributed by atoms with E-state index in [-0.39, 0.29) is 10.7 Å². The average molecular weight is 281 g/mol. The third-order valence-corrected chi connectivity index (χ3v) is 2.63. The van der Waals surface area contributed by atoms with Crippen molar-refractivity contribution in [3.8, 4) is 0 Å². The maximum absolute atomic E-state index is 10.5. The van der Waals surface area contributed by atoms with Crippen molar-refractivity contribution in [2.24, 2.45) is 0 Å². The molecule has 76 valence electrons. The van der Waals surface area contributed by atoms with Crippen molar-refractivity contribution in [1.29, 1.82) is 0 Å². The van der Waals surface area contributed by atoms with Crippen molar-refractivity contribution in [2.45, 2.75) is 6.10 Å². The van der Waals surface area contributed by atoms with Gasteiger partial charge in [0.1, 0.15) is 5.02 Å². The van der Waals surface area contributed by atoms with Crippen LogP contribution >= 0.6 is 27.5 Å². The van der Waals surface area contributed by atoms with Crippen molar-refractivity contribution in [3.63, 3.8) is 0 Å². The molecule has 0 fully saturated rings. The second kappa shape index (κ2) is 4.72. The molecule has 0 aliphatic carbocycles. The Morgan fingerprint density at radius 2 is 2.29 bits per heavy atom. The minimum Gasteiger partial charge on any atom is -0.388 e. The van der Waals surface area contributed by atoms with E-state index in [1.54, 1.807) is 6.07 Å². The number of halogens is 2. The molecule has 0 saturated carbocycles. The largest absolute Gasteiger partial charge is 0.388 e. The van der Waals surface area contributed by atoms with Crippen LogP contribution in [0.25, 0.3) is 0 Å². The minimum absolute atomic E-state index is 0.0699. The van der Waals surface area contributed by atoms with Gasteiger partial charge >= 0.3 is 0 Å². The van der Waals surface area contributed by atoms with E-state index in [9.17, 15) is 15.2 Å². The molecule has 0 amide bonds. The van der Waals surface area contributed by atoms with Gasteiger partial charge in [0.25, 0.3) is 5.69 Å². The highest BCUT2D eigenvalue weighted by molar-refractivity contribution is 9.09. The normalized spacial score (nSPS) is 12.5. The molecule has 0 saturated heterocycles. The number of hydrogen-bond acceptors (Lipinski definition) is 3. The quantitative estimate of drug-likeness (QED) is 0.526. The second-order valence-electron chi connectivity index (χ2n) is 2.64. The monoisotopic (exact) mass is 279 g/mol. The molecule has 0 aliphatic heterocycles. The number of aliphatic hydroxyl groups excluding tert-OH is 1. The Balaban J connectivity index is 3.12. The van der Waals surface area contributed by atoms with Gasteiger partial charge in [-0.15, -0.1) is 0 Å². The zero-order valence-corrected chi connectivity index (χ0v) is 9.33. The van der Waals surface area contributed by atoms with E-state index in [0.717, 1.165) is 0 Å². The molecule has 1 rings (SSSR count). The molecular weight excluding hydrogens is 273 g/mol. The number of aliphatic hydroxyl groups is 1. The van der Waals surface area contributed by atoms with Crippen LogP contribution in [-0.4, -0.2) is 15.4 Å². The van der Waals surface area contributed by atoms with E-state index in [1.807, 2.05) is 0 Å². The van der Waals surface area contributed by atoms with Crippen LogP contribution in [0.3, 0.4) is 0 Å². The Bertz CT molecular complexity index is 358. The van der Waals surface area contributed by atoms with E-state index < -0.39 is 11.0 Å². The summed E-state index contributed by atoms with van der Waals surface area (Å²) in [5.41, 5.74) is 0.280. The molecule has 0 aliphatic rings. The summed E-state index contributed by atoms with van der Waals surface area (Å²) in [5, 5.41) is 20.3. The molecule has 1 unspecified atom stereocenters. The lowest BCUT2D eigenvalue weighted by atomic mass is 10.1. The van der Waals surface area contributed by atoms with Gasteiger partial charge < -0.3 is 5.11 Å². The maximum Gasteiger partial charge on any atom is 0.288 e. The first kappa shape index (κ1) is 11.4. The summed E-state index contributed by atoms with van der Waals surface area (Å²) < 4.78 is 0. The summed E-state index contributed by atoms with van der Waals surface area (Å²) >= 11 is 8.68. The van der Waals surface area contributed by atoms with E-state index in [1.165, 1.54) is 12.1 Å². The fourth-order valence-electron chi connectivity index (χ4n) is 0.966. The van der Waals surface area contributed by atoms with Crippen molar-refractivity contribution in [1.82, 2.24) is 0 Å². The number of nitro groups is 1. The molecular formula is C8H7BrClNO3. The fourth-order valence-corrected chi connectivity index (χ4v) is 1.53. The lowest BCUT2D eigenvalue weighted by Crippen LogP contribution is -1.99. The Kier molecular flexibility index (Phi) is 3.86. The number of alkyl halides is 1. The standard InChI is InChI=1S/C8H7BrClNO3/c9-4-8(12)5-1-2-6(10)7(3-5)11(13)14/h1-3,8,12H,4H2. The summed E-state index contributed by atoms with van der Waals surface area (Å²) in [7, 11) is 0. The van der Waals surface area contributed by atoms with Gasteiger partial charge in [0, 0.05) is 11.4 Å². The molecule has 0 radical (unpaired) electrons. The maximum atomic E-state index is 10.5. The van der Waals surface area contributed by atoms with E-state index in [4.69, 9.17) is 11.6 Å². The Labute approximate surface area is 93.8 Å². The van der Waals surface area contributed by atoms with E-state index in [0.29, 0.717) is 10.9 Å². The summed E-state index contributed by atoms with van der Waals surface area (Å²) in [6, 6.07) is 4.23. The predicted molar refractivity (Wildman–Crippen MR) is 56.9 cm³/mol. The lowest BCUT2D eigenvalue weighted by molar-refractivity contribution is -0.384. The molecule has 1 N–H and O–H groups in total. The van der Waals surface area contributed by atoms with Crippen LogP contribution in [0.4, 0.5) is 5.69 Å². The van der Waals surface area contributed by atoms with Gasteiger partial charge in [0.15, 0.2) is 0 Å². The molecule has 4 nitrogen and oxygen atoms in total. The van der Waals surface area contributed by atoms with Crippen LogP contribution in [0.1, 0.15) is 11.7 Å². The van der Waals surface area contributed by atoms with Crippen LogP contribution in [0, 0.1) is 10.1 Å². The minimum atomic E-state index is -0.758. The zero-order chi connectivity index (χ0) is 10.7. The van der Waals surface area contributed by atoms with Crippen LogP contribution < -0.4 is 0 Å². The first-order valence-electron chi connectivity index (χ1n) is 3.74. The van der Waals surface area contributed by atoms with Crippen molar-refractivity contribution in [2.75, 3.05) is 5.33 Å². The van der Waals surface area contributed by atoms with Crippen LogP contribution in [-0.2, 0) is 0 Å². The Hall–Kier alpha value is -0.650. The third kappa shape index (κ3) is 2.43. The second-order valence-corrected chi connectivity index (χ2v) is 3.69. The lowest BCUT2D eigenvalue weighted by Gasteiger charge is -2.06. The van der Waals surface area contributed by atoms with Gasteiger partial charge in [-0.25, -0.2) is 0 Å². The van der Waals surface area contributed by atoms with Crippen molar-refractivity contribution >= 4 is 33.2 Å². The molecule has 0 heterocycles. The summed E-state index contributed by atoms with van der Waals surface area (Å²) in [4.78, 5) is 9.94. The number of hydrogen-bond donors (Lipinski definition) is 1. The SMILES string of the molecule is O=[N+]([O-])c1cc(C(O)CBr)ccc1Cl. The van der Waals surface area contributed by atoms with Crippen LogP contribution in [0.15, 0.2) is 18.2 Å². The highest BCUT2D eigenvalue weighted by Gasteiger charge is 2.15. The molecule has 0 spiro atoms. The molecule has 1 atom stereocenters. The van der Waals surface area contributed by atoms with Gasteiger partial charge in [-0.05, 0) is 11.6 Å². The Morgan fingerprint density at radius 1 is 1.64 bits per heavy atom. The summed E-state index contributed by atoms with van der Waals surface area (Å²) in [6.07, 6.45) is -0.758. The first-order chi connectivity index (χ1) is 6.56. The first-order valence-corrected chi connectivity index (χ1v) is 5.24. The molecule has 0 aromatic heterocycles. The summed E-state index contributed by atoms with van der Waals surface area (Å²) in [5.74, 6) is 0. The number of nitrogens with zero attached hydrogens (tertiary/aromatic N) is 1. The van der Waals surface area contributed by atoms with Gasteiger partial charge in [0.05, 0.1) is 11.0 Å².